The summed E-state index contributed by atoms with van der Waals surface area (Å²) in [6.07, 6.45) is 5.36. The summed E-state index contributed by atoms with van der Waals surface area (Å²) in [6, 6.07) is 0.686. The fourth-order valence-corrected chi connectivity index (χ4v) is 4.28. The van der Waals surface area contributed by atoms with Crippen molar-refractivity contribution >= 4 is 17.2 Å². The highest BCUT2D eigenvalue weighted by molar-refractivity contribution is 7.09. The molecule has 2 heterocycles. The van der Waals surface area contributed by atoms with Gasteiger partial charge in [-0.1, -0.05) is 0 Å². The van der Waals surface area contributed by atoms with Crippen LogP contribution >= 0.6 is 11.3 Å². The number of carbonyl (C=O) groups excluding carboxylic acids is 1. The maximum atomic E-state index is 12.1. The van der Waals surface area contributed by atoms with E-state index in [0.717, 1.165) is 43.6 Å². The topological polar surface area (TPSA) is 92.9 Å². The van der Waals surface area contributed by atoms with Gasteiger partial charge in [0.05, 0.1) is 11.2 Å². The fourth-order valence-electron chi connectivity index (χ4n) is 3.49. The first kappa shape index (κ1) is 16.7. The second-order valence-electron chi connectivity index (χ2n) is 7.03. The lowest BCUT2D eigenvalue weighted by atomic mass is 9.79. The Morgan fingerprint density at radius 1 is 1.40 bits per heavy atom. The smallest absolute Gasteiger partial charge is 0.220 e. The van der Waals surface area contributed by atoms with E-state index in [-0.39, 0.29) is 18.6 Å². The number of nitrogens with one attached hydrogen (secondary N) is 1. The van der Waals surface area contributed by atoms with Crippen LogP contribution in [0.3, 0.4) is 0 Å². The van der Waals surface area contributed by atoms with E-state index in [0.29, 0.717) is 24.2 Å². The molecule has 0 aliphatic heterocycles. The molecule has 4 rings (SSSR count). The number of rotatable bonds is 7. The van der Waals surface area contributed by atoms with Crippen molar-refractivity contribution < 1.29 is 9.90 Å². The first-order chi connectivity index (χ1) is 12.2. The predicted octanol–water partition coefficient (Wildman–Crippen LogP) is 1.87. The summed E-state index contributed by atoms with van der Waals surface area (Å²) in [5.74, 6) is 2.10. The summed E-state index contributed by atoms with van der Waals surface area (Å²) < 4.78 is 2.12. The number of aliphatic hydroxyl groups is 1. The Labute approximate surface area is 150 Å². The monoisotopic (exact) mass is 361 g/mol. The van der Waals surface area contributed by atoms with Gasteiger partial charge in [0.25, 0.3) is 0 Å². The van der Waals surface area contributed by atoms with Gasteiger partial charge < -0.3 is 15.0 Å². The predicted molar refractivity (Wildman–Crippen MR) is 93.3 cm³/mol. The van der Waals surface area contributed by atoms with Gasteiger partial charge >= 0.3 is 0 Å². The first-order valence-electron chi connectivity index (χ1n) is 8.88. The van der Waals surface area contributed by atoms with Crippen molar-refractivity contribution in [1.82, 2.24) is 25.1 Å². The van der Waals surface area contributed by atoms with Gasteiger partial charge in [-0.3, -0.25) is 4.79 Å². The van der Waals surface area contributed by atoms with Crippen molar-refractivity contribution in [1.29, 1.82) is 0 Å². The lowest BCUT2D eigenvalue weighted by Crippen LogP contribution is -2.44. The molecule has 8 heteroatoms. The Hall–Kier alpha value is -1.80. The number of hydrogen-bond donors (Lipinski definition) is 2. The standard InChI is InChI=1S/C17H23N5O2S/c1-10-14(25-9-18-10)4-5-16(24)19-12-6-11(7-12)17-21-20-15(8-23)22(17)13-2-3-13/h9,11-13,23H,2-8H2,1H3,(H,19,24). The van der Waals surface area contributed by atoms with Crippen LogP contribution in [-0.4, -0.2) is 36.8 Å². The molecule has 0 spiro atoms. The van der Waals surface area contributed by atoms with Gasteiger partial charge in [0.1, 0.15) is 12.4 Å². The molecular formula is C17H23N5O2S. The van der Waals surface area contributed by atoms with Crippen LogP contribution in [0.25, 0.3) is 0 Å². The van der Waals surface area contributed by atoms with E-state index < -0.39 is 0 Å². The van der Waals surface area contributed by atoms with Crippen LogP contribution in [0.1, 0.15) is 66.3 Å². The third kappa shape index (κ3) is 3.46. The highest BCUT2D eigenvalue weighted by Gasteiger charge is 2.38. The summed E-state index contributed by atoms with van der Waals surface area (Å²) in [5, 5.41) is 21.0. The SMILES string of the molecule is Cc1ncsc1CCC(=O)NC1CC(c2nnc(CO)n2C2CC2)C1. The van der Waals surface area contributed by atoms with Crippen molar-refractivity contribution in [3.8, 4) is 0 Å². The Balaban J connectivity index is 1.27. The zero-order valence-corrected chi connectivity index (χ0v) is 15.1. The summed E-state index contributed by atoms with van der Waals surface area (Å²) in [4.78, 5) is 17.5. The van der Waals surface area contributed by atoms with E-state index in [1.165, 1.54) is 4.88 Å². The van der Waals surface area contributed by atoms with Crippen molar-refractivity contribution in [3.63, 3.8) is 0 Å². The lowest BCUT2D eigenvalue weighted by molar-refractivity contribution is -0.122. The van der Waals surface area contributed by atoms with Crippen molar-refractivity contribution in [2.75, 3.05) is 0 Å². The molecule has 0 atom stereocenters. The highest BCUT2D eigenvalue weighted by Crippen LogP contribution is 2.42. The zero-order chi connectivity index (χ0) is 17.4. The zero-order valence-electron chi connectivity index (χ0n) is 14.3. The normalized spacial score (nSPS) is 22.6. The molecule has 2 aromatic rings. The second kappa shape index (κ2) is 6.84. The molecule has 2 saturated carbocycles. The van der Waals surface area contributed by atoms with Gasteiger partial charge in [-0.2, -0.15) is 0 Å². The fraction of sp³-hybridized carbons (Fsp3) is 0.647. The third-order valence-electron chi connectivity index (χ3n) is 5.14. The molecule has 25 heavy (non-hydrogen) atoms. The maximum absolute atomic E-state index is 12.1. The summed E-state index contributed by atoms with van der Waals surface area (Å²) in [6.45, 7) is 1.92. The molecule has 2 N–H and O–H groups in total. The summed E-state index contributed by atoms with van der Waals surface area (Å²) in [5.41, 5.74) is 2.86. The van der Waals surface area contributed by atoms with Gasteiger partial charge in [0, 0.05) is 29.3 Å². The number of amides is 1. The number of thiazole rings is 1. The van der Waals surface area contributed by atoms with E-state index in [1.807, 2.05) is 12.4 Å². The van der Waals surface area contributed by atoms with Crippen LogP contribution in [0.2, 0.25) is 0 Å². The van der Waals surface area contributed by atoms with Crippen LogP contribution in [-0.2, 0) is 17.8 Å². The van der Waals surface area contributed by atoms with Gasteiger partial charge in [-0.15, -0.1) is 21.5 Å². The number of carbonyl (C=O) groups is 1. The minimum Gasteiger partial charge on any atom is -0.388 e. The largest absolute Gasteiger partial charge is 0.388 e. The van der Waals surface area contributed by atoms with Gasteiger partial charge in [0.2, 0.25) is 5.91 Å². The van der Waals surface area contributed by atoms with Gasteiger partial charge in [-0.05, 0) is 39.0 Å². The summed E-state index contributed by atoms with van der Waals surface area (Å²) in [7, 11) is 0. The van der Waals surface area contributed by atoms with Gasteiger partial charge in [-0.25, -0.2) is 4.98 Å². The Bertz CT molecular complexity index is 761. The first-order valence-corrected chi connectivity index (χ1v) is 9.76. The molecule has 0 unspecified atom stereocenters. The van der Waals surface area contributed by atoms with E-state index in [2.05, 4.69) is 25.1 Å². The number of hydrogen-bond acceptors (Lipinski definition) is 6. The van der Waals surface area contributed by atoms with Crippen LogP contribution in [0.4, 0.5) is 0 Å². The van der Waals surface area contributed by atoms with Crippen LogP contribution in [0.5, 0.6) is 0 Å². The molecule has 0 radical (unpaired) electrons. The molecule has 1 amide bonds. The van der Waals surface area contributed by atoms with Crippen molar-refractivity contribution in [2.45, 2.75) is 70.1 Å². The molecule has 2 aromatic heterocycles. The van der Waals surface area contributed by atoms with E-state index in [4.69, 9.17) is 0 Å². The minimum absolute atomic E-state index is 0.0621. The molecule has 2 aliphatic rings. The van der Waals surface area contributed by atoms with E-state index in [1.54, 1.807) is 11.3 Å². The quantitative estimate of drug-likeness (QED) is 0.785. The third-order valence-corrected chi connectivity index (χ3v) is 6.13. The van der Waals surface area contributed by atoms with Crippen molar-refractivity contribution in [2.24, 2.45) is 0 Å². The minimum atomic E-state index is -0.0621. The number of aryl methyl sites for hydroxylation is 2. The van der Waals surface area contributed by atoms with Crippen LogP contribution < -0.4 is 5.32 Å². The summed E-state index contributed by atoms with van der Waals surface area (Å²) >= 11 is 1.61. The Kier molecular flexibility index (Phi) is 4.56. The van der Waals surface area contributed by atoms with Crippen LogP contribution in [0, 0.1) is 6.92 Å². The molecular weight excluding hydrogens is 338 g/mol. The number of aromatic nitrogens is 4. The molecule has 2 fully saturated rings. The average Bonchev–Trinajstić information content (AvgIpc) is 3.19. The van der Waals surface area contributed by atoms with E-state index >= 15 is 0 Å². The average molecular weight is 361 g/mol. The number of aliphatic hydroxyl groups excluding tert-OH is 1. The Morgan fingerprint density at radius 2 is 2.20 bits per heavy atom. The molecule has 0 saturated heterocycles. The molecule has 2 aliphatic carbocycles. The molecule has 0 bridgehead atoms. The Morgan fingerprint density at radius 3 is 2.84 bits per heavy atom. The van der Waals surface area contributed by atoms with Gasteiger partial charge in [0.15, 0.2) is 5.82 Å². The highest BCUT2D eigenvalue weighted by atomic mass is 32.1. The molecule has 0 aromatic carbocycles. The molecule has 7 nitrogen and oxygen atoms in total. The van der Waals surface area contributed by atoms with Crippen molar-refractivity contribution in [3.05, 3.63) is 27.7 Å². The second-order valence-corrected chi connectivity index (χ2v) is 7.97. The maximum Gasteiger partial charge on any atom is 0.220 e. The molecule has 134 valence electrons. The van der Waals surface area contributed by atoms with E-state index in [9.17, 15) is 9.90 Å². The van der Waals surface area contributed by atoms with Crippen LogP contribution in [0.15, 0.2) is 5.51 Å². The lowest BCUT2D eigenvalue weighted by Gasteiger charge is -2.35. The number of nitrogens with zero attached hydrogens (tertiary/aromatic N) is 4.